The molecule has 1 aromatic heterocycles. The highest BCUT2D eigenvalue weighted by molar-refractivity contribution is 9.10. The van der Waals surface area contributed by atoms with Crippen LogP contribution in [0.15, 0.2) is 34.9 Å². The van der Waals surface area contributed by atoms with Gasteiger partial charge in [-0.3, -0.25) is 0 Å². The van der Waals surface area contributed by atoms with Crippen molar-refractivity contribution in [1.29, 1.82) is 0 Å². The van der Waals surface area contributed by atoms with Gasteiger partial charge in [0.15, 0.2) is 0 Å². The summed E-state index contributed by atoms with van der Waals surface area (Å²) in [5, 5.41) is 0. The second-order valence-electron chi connectivity index (χ2n) is 3.82. The molecule has 0 N–H and O–H groups in total. The molecule has 0 unspecified atom stereocenters. The van der Waals surface area contributed by atoms with Gasteiger partial charge in [0, 0.05) is 16.2 Å². The van der Waals surface area contributed by atoms with Crippen LogP contribution in [0.25, 0.3) is 11.3 Å². The maximum atomic E-state index is 12.0. The van der Waals surface area contributed by atoms with Crippen LogP contribution in [0.5, 0.6) is 6.01 Å². The Hall–Kier alpha value is -1.95. The highest BCUT2D eigenvalue weighted by atomic mass is 79.9. The highest BCUT2D eigenvalue weighted by Crippen LogP contribution is 2.30. The molecule has 0 radical (unpaired) electrons. The van der Waals surface area contributed by atoms with E-state index in [1.807, 2.05) is 24.3 Å². The van der Waals surface area contributed by atoms with Crippen molar-refractivity contribution in [3.8, 4) is 17.3 Å². The predicted octanol–water partition coefficient (Wildman–Crippen LogP) is 3.09. The lowest BCUT2D eigenvalue weighted by Crippen LogP contribution is -2.09. The number of hydrogen-bond donors (Lipinski definition) is 0. The van der Waals surface area contributed by atoms with Gasteiger partial charge >= 0.3 is 12.0 Å². The Morgan fingerprint density at radius 2 is 2.10 bits per heavy atom. The fourth-order valence-corrected chi connectivity index (χ4v) is 2.15. The molecule has 0 aliphatic rings. The number of ether oxygens (including phenoxy) is 2. The minimum absolute atomic E-state index is 0.198. The van der Waals surface area contributed by atoms with Gasteiger partial charge in [-0.25, -0.2) is 9.78 Å². The minimum Gasteiger partial charge on any atom is -0.467 e. The molecule has 1 aromatic carbocycles. The van der Waals surface area contributed by atoms with Crippen LogP contribution in [0.4, 0.5) is 0 Å². The Labute approximate surface area is 125 Å². The number of nitrogens with zero attached hydrogens (tertiary/aromatic N) is 2. The molecule has 0 amide bonds. The van der Waals surface area contributed by atoms with E-state index in [-0.39, 0.29) is 6.01 Å². The average Bonchev–Trinajstić information content (AvgIpc) is 2.47. The molecule has 6 heteroatoms. The number of rotatable bonds is 4. The van der Waals surface area contributed by atoms with E-state index in [2.05, 4.69) is 25.9 Å². The van der Waals surface area contributed by atoms with Crippen LogP contribution in [-0.4, -0.2) is 29.7 Å². The zero-order chi connectivity index (χ0) is 14.5. The van der Waals surface area contributed by atoms with Gasteiger partial charge in [0.25, 0.3) is 0 Å². The fraction of sp³-hybridized carbons (Fsp3) is 0.214. The standard InChI is InChI=1S/C14H13BrN2O3/c1-3-20-13(18)10-8-16-14(19-2)17-12(10)9-6-4-5-7-11(9)15/h4-8H,3H2,1-2H3. The van der Waals surface area contributed by atoms with Crippen molar-refractivity contribution in [3.05, 3.63) is 40.5 Å². The van der Waals surface area contributed by atoms with Gasteiger partial charge in [-0.05, 0) is 13.0 Å². The maximum absolute atomic E-state index is 12.0. The van der Waals surface area contributed by atoms with E-state index in [0.717, 1.165) is 10.0 Å². The molecule has 0 aliphatic carbocycles. The van der Waals surface area contributed by atoms with Gasteiger partial charge in [-0.2, -0.15) is 4.98 Å². The molecular weight excluding hydrogens is 324 g/mol. The Balaban J connectivity index is 2.59. The summed E-state index contributed by atoms with van der Waals surface area (Å²) in [6.07, 6.45) is 1.42. The van der Waals surface area contributed by atoms with Crippen molar-refractivity contribution < 1.29 is 14.3 Å². The summed E-state index contributed by atoms with van der Waals surface area (Å²) in [6, 6.07) is 7.68. The molecule has 0 saturated heterocycles. The lowest BCUT2D eigenvalue weighted by atomic mass is 10.1. The lowest BCUT2D eigenvalue weighted by molar-refractivity contribution is 0.0526. The fourth-order valence-electron chi connectivity index (χ4n) is 1.68. The van der Waals surface area contributed by atoms with Crippen molar-refractivity contribution in [1.82, 2.24) is 9.97 Å². The van der Waals surface area contributed by atoms with Gasteiger partial charge in [-0.15, -0.1) is 0 Å². The number of aromatic nitrogens is 2. The number of esters is 1. The van der Waals surface area contributed by atoms with Gasteiger partial charge in [0.05, 0.1) is 19.4 Å². The second kappa shape index (κ2) is 6.47. The molecular formula is C14H13BrN2O3. The van der Waals surface area contributed by atoms with E-state index in [4.69, 9.17) is 9.47 Å². The summed E-state index contributed by atoms with van der Waals surface area (Å²) in [7, 11) is 1.48. The quantitative estimate of drug-likeness (QED) is 0.803. The predicted molar refractivity (Wildman–Crippen MR) is 77.7 cm³/mol. The van der Waals surface area contributed by atoms with E-state index in [9.17, 15) is 4.79 Å². The Bertz CT molecular complexity index is 632. The van der Waals surface area contributed by atoms with Crippen molar-refractivity contribution in [2.24, 2.45) is 0 Å². The SMILES string of the molecule is CCOC(=O)c1cnc(OC)nc1-c1ccccc1Br. The minimum atomic E-state index is -0.457. The zero-order valence-electron chi connectivity index (χ0n) is 11.1. The molecule has 2 rings (SSSR count). The van der Waals surface area contributed by atoms with E-state index in [0.29, 0.717) is 17.9 Å². The summed E-state index contributed by atoms with van der Waals surface area (Å²) in [4.78, 5) is 20.2. The lowest BCUT2D eigenvalue weighted by Gasteiger charge is -2.10. The van der Waals surface area contributed by atoms with Gasteiger partial charge < -0.3 is 9.47 Å². The highest BCUT2D eigenvalue weighted by Gasteiger charge is 2.19. The monoisotopic (exact) mass is 336 g/mol. The maximum Gasteiger partial charge on any atom is 0.341 e. The second-order valence-corrected chi connectivity index (χ2v) is 4.67. The summed E-state index contributed by atoms with van der Waals surface area (Å²) >= 11 is 3.45. The van der Waals surface area contributed by atoms with E-state index < -0.39 is 5.97 Å². The summed E-state index contributed by atoms with van der Waals surface area (Å²) in [6.45, 7) is 2.04. The molecule has 104 valence electrons. The number of carbonyl (C=O) groups is 1. The van der Waals surface area contributed by atoms with Gasteiger partial charge in [-0.1, -0.05) is 34.1 Å². The molecule has 5 nitrogen and oxygen atoms in total. The van der Waals surface area contributed by atoms with Crippen LogP contribution in [0.1, 0.15) is 17.3 Å². The van der Waals surface area contributed by atoms with Gasteiger partial charge in [0.1, 0.15) is 5.56 Å². The first kappa shape index (κ1) is 14.5. The largest absolute Gasteiger partial charge is 0.467 e. The molecule has 0 spiro atoms. The molecule has 2 aromatic rings. The molecule has 0 atom stereocenters. The van der Waals surface area contributed by atoms with Crippen molar-refractivity contribution in [2.75, 3.05) is 13.7 Å². The van der Waals surface area contributed by atoms with Crippen LogP contribution in [0.3, 0.4) is 0 Å². The first-order valence-corrected chi connectivity index (χ1v) is 6.79. The molecule has 0 saturated carbocycles. The zero-order valence-corrected chi connectivity index (χ0v) is 12.7. The molecule has 20 heavy (non-hydrogen) atoms. The molecule has 1 heterocycles. The van der Waals surface area contributed by atoms with E-state index in [1.165, 1.54) is 13.3 Å². The summed E-state index contributed by atoms with van der Waals surface area (Å²) < 4.78 is 10.9. The Morgan fingerprint density at radius 3 is 2.75 bits per heavy atom. The number of carbonyl (C=O) groups excluding carboxylic acids is 1. The third-order valence-electron chi connectivity index (χ3n) is 2.57. The smallest absolute Gasteiger partial charge is 0.341 e. The van der Waals surface area contributed by atoms with Crippen LogP contribution in [0, 0.1) is 0 Å². The van der Waals surface area contributed by atoms with Crippen LogP contribution in [-0.2, 0) is 4.74 Å². The molecule has 0 fully saturated rings. The number of halogens is 1. The normalized spacial score (nSPS) is 10.2. The topological polar surface area (TPSA) is 61.3 Å². The number of benzene rings is 1. The third-order valence-corrected chi connectivity index (χ3v) is 3.27. The molecule has 0 bridgehead atoms. The van der Waals surface area contributed by atoms with Crippen molar-refractivity contribution >= 4 is 21.9 Å². The first-order valence-electron chi connectivity index (χ1n) is 6.00. The van der Waals surface area contributed by atoms with Crippen molar-refractivity contribution in [2.45, 2.75) is 6.92 Å². The first-order chi connectivity index (χ1) is 9.67. The van der Waals surface area contributed by atoms with E-state index >= 15 is 0 Å². The average molecular weight is 337 g/mol. The van der Waals surface area contributed by atoms with Crippen LogP contribution < -0.4 is 4.74 Å². The Kier molecular flexibility index (Phi) is 4.68. The van der Waals surface area contributed by atoms with Crippen molar-refractivity contribution in [3.63, 3.8) is 0 Å². The van der Waals surface area contributed by atoms with Gasteiger partial charge in [0.2, 0.25) is 0 Å². The van der Waals surface area contributed by atoms with E-state index in [1.54, 1.807) is 6.92 Å². The number of methoxy groups -OCH3 is 1. The molecule has 0 aliphatic heterocycles. The Morgan fingerprint density at radius 1 is 1.35 bits per heavy atom. The van der Waals surface area contributed by atoms with Crippen LogP contribution in [0.2, 0.25) is 0 Å². The summed E-state index contributed by atoms with van der Waals surface area (Å²) in [5.41, 5.74) is 1.55. The van der Waals surface area contributed by atoms with Crippen LogP contribution >= 0.6 is 15.9 Å². The third kappa shape index (κ3) is 2.96. The summed E-state index contributed by atoms with van der Waals surface area (Å²) in [5.74, 6) is -0.457. The number of hydrogen-bond acceptors (Lipinski definition) is 5.